The third-order valence-corrected chi connectivity index (χ3v) is 6.63. The number of amides is 1. The maximum Gasteiger partial charge on any atom is 0.283 e. The summed E-state index contributed by atoms with van der Waals surface area (Å²) >= 11 is 0. The second-order valence-corrected chi connectivity index (χ2v) is 9.15. The summed E-state index contributed by atoms with van der Waals surface area (Å²) in [5.74, 6) is -3.62. The molecule has 1 saturated heterocycles. The van der Waals surface area contributed by atoms with Gasteiger partial charge < -0.3 is 20.6 Å². The lowest BCUT2D eigenvalue weighted by atomic mass is 10.2. The predicted molar refractivity (Wildman–Crippen MR) is 147 cm³/mol. The zero-order valence-electron chi connectivity index (χ0n) is 21.6. The SMILES string of the molecule is C=CC(=O)Nc1cc(-n2cnc(=O)c3cnc(Nc4ccc(N5CCN(CCO)CC5)c(F)c4F)nc32)ccc1F. The Morgan fingerprint density at radius 1 is 1.05 bits per heavy atom. The number of nitrogens with zero attached hydrogens (tertiary/aromatic N) is 6. The first-order valence-corrected chi connectivity index (χ1v) is 12.6. The van der Waals surface area contributed by atoms with Crippen LogP contribution in [0.4, 0.5) is 36.2 Å². The number of nitrogens with one attached hydrogen (secondary N) is 2. The van der Waals surface area contributed by atoms with Crippen molar-refractivity contribution in [3.8, 4) is 5.69 Å². The minimum Gasteiger partial charge on any atom is -0.395 e. The number of aromatic nitrogens is 4. The number of hydrogen-bond acceptors (Lipinski definition) is 9. The number of carbonyl (C=O) groups excluding carboxylic acids is 1. The van der Waals surface area contributed by atoms with E-state index >= 15 is 8.78 Å². The van der Waals surface area contributed by atoms with Crippen LogP contribution >= 0.6 is 0 Å². The van der Waals surface area contributed by atoms with Crippen molar-refractivity contribution in [1.82, 2.24) is 24.4 Å². The number of benzene rings is 2. The van der Waals surface area contributed by atoms with Gasteiger partial charge in [-0.15, -0.1) is 0 Å². The zero-order valence-corrected chi connectivity index (χ0v) is 21.6. The van der Waals surface area contributed by atoms with Crippen molar-refractivity contribution in [3.05, 3.63) is 83.3 Å². The van der Waals surface area contributed by atoms with E-state index in [4.69, 9.17) is 5.11 Å². The Morgan fingerprint density at radius 2 is 1.83 bits per heavy atom. The Labute approximate surface area is 231 Å². The molecular weight excluding hydrogens is 541 g/mol. The highest BCUT2D eigenvalue weighted by atomic mass is 19.2. The summed E-state index contributed by atoms with van der Waals surface area (Å²) < 4.78 is 45.9. The van der Waals surface area contributed by atoms with Gasteiger partial charge in [0.2, 0.25) is 11.9 Å². The summed E-state index contributed by atoms with van der Waals surface area (Å²) in [4.78, 5) is 40.1. The quantitative estimate of drug-likeness (QED) is 0.276. The summed E-state index contributed by atoms with van der Waals surface area (Å²) in [5.41, 5.74) is -0.526. The Morgan fingerprint density at radius 3 is 2.56 bits per heavy atom. The van der Waals surface area contributed by atoms with Crippen molar-refractivity contribution >= 4 is 40.0 Å². The van der Waals surface area contributed by atoms with E-state index in [2.05, 4.69) is 32.2 Å². The van der Waals surface area contributed by atoms with E-state index in [0.717, 1.165) is 12.1 Å². The van der Waals surface area contributed by atoms with Crippen molar-refractivity contribution in [2.24, 2.45) is 0 Å². The average molecular weight is 567 g/mol. The molecule has 1 aliphatic rings. The van der Waals surface area contributed by atoms with Crippen LogP contribution in [0.5, 0.6) is 0 Å². The fraction of sp³-hybridized carbons (Fsp3) is 0.222. The maximum absolute atomic E-state index is 15.1. The molecule has 14 heteroatoms. The number of β-amino-alcohol motifs (C(OH)–C–C–N with tert-alkyl or cyclic N) is 1. The van der Waals surface area contributed by atoms with E-state index in [1.807, 2.05) is 4.90 Å². The lowest BCUT2D eigenvalue weighted by Crippen LogP contribution is -2.47. The molecule has 11 nitrogen and oxygen atoms in total. The first-order chi connectivity index (χ1) is 19.8. The van der Waals surface area contributed by atoms with Crippen LogP contribution in [-0.2, 0) is 4.79 Å². The molecule has 1 amide bonds. The van der Waals surface area contributed by atoms with Crippen LogP contribution in [-0.4, -0.2) is 74.8 Å². The Kier molecular flexibility index (Phi) is 7.94. The minimum atomic E-state index is -1.13. The van der Waals surface area contributed by atoms with E-state index in [1.54, 1.807) is 4.90 Å². The van der Waals surface area contributed by atoms with E-state index in [-0.39, 0.29) is 40.7 Å². The molecule has 2 aromatic heterocycles. The molecule has 1 aliphatic heterocycles. The lowest BCUT2D eigenvalue weighted by Gasteiger charge is -2.36. The molecule has 0 bridgehead atoms. The molecule has 212 valence electrons. The number of rotatable bonds is 8. The summed E-state index contributed by atoms with van der Waals surface area (Å²) in [5, 5.41) is 14.1. The Bertz CT molecular complexity index is 1690. The van der Waals surface area contributed by atoms with Gasteiger partial charge in [-0.1, -0.05) is 6.58 Å². The lowest BCUT2D eigenvalue weighted by molar-refractivity contribution is -0.111. The summed E-state index contributed by atoms with van der Waals surface area (Å²) in [6, 6.07) is 6.65. The number of fused-ring (bicyclic) bond motifs is 1. The summed E-state index contributed by atoms with van der Waals surface area (Å²) in [7, 11) is 0. The highest BCUT2D eigenvalue weighted by Gasteiger charge is 2.23. The first-order valence-electron chi connectivity index (χ1n) is 12.6. The van der Waals surface area contributed by atoms with Crippen LogP contribution < -0.4 is 21.1 Å². The smallest absolute Gasteiger partial charge is 0.283 e. The molecule has 3 heterocycles. The molecule has 1 fully saturated rings. The van der Waals surface area contributed by atoms with Crippen molar-refractivity contribution in [1.29, 1.82) is 0 Å². The van der Waals surface area contributed by atoms with Gasteiger partial charge in [-0.2, -0.15) is 9.97 Å². The number of hydrogen-bond donors (Lipinski definition) is 3. The molecule has 0 aliphatic carbocycles. The molecule has 41 heavy (non-hydrogen) atoms. The van der Waals surface area contributed by atoms with Crippen LogP contribution in [0, 0.1) is 17.5 Å². The van der Waals surface area contributed by atoms with Gasteiger partial charge in [0, 0.05) is 38.9 Å². The van der Waals surface area contributed by atoms with Gasteiger partial charge in [0.1, 0.15) is 17.5 Å². The molecule has 4 aromatic rings. The number of aliphatic hydroxyl groups excluding tert-OH is 1. The number of carbonyl (C=O) groups is 1. The van der Waals surface area contributed by atoms with Gasteiger partial charge in [-0.25, -0.2) is 18.2 Å². The number of halogens is 3. The molecule has 0 spiro atoms. The Balaban J connectivity index is 1.45. The van der Waals surface area contributed by atoms with Crippen LogP contribution in [0.3, 0.4) is 0 Å². The largest absolute Gasteiger partial charge is 0.395 e. The van der Waals surface area contributed by atoms with Gasteiger partial charge in [0.25, 0.3) is 5.56 Å². The standard InChI is InChI=1S/C27H25F3N8O3/c1-2-22(40)33-20-13-16(3-4-18(20)28)38-15-32-26(41)17-14-31-27(35-25(17)38)34-19-5-6-21(24(30)23(19)29)37-9-7-36(8-10-37)11-12-39/h2-6,13-15,39H,1,7-12H2,(H,33,40)(H,31,34,35). The van der Waals surface area contributed by atoms with Gasteiger partial charge >= 0.3 is 0 Å². The van der Waals surface area contributed by atoms with Crippen LogP contribution in [0.25, 0.3) is 16.7 Å². The summed E-state index contributed by atoms with van der Waals surface area (Å²) in [6.45, 7) is 6.07. The molecular formula is C27H25F3N8O3. The Hall–Kier alpha value is -4.82. The molecule has 2 aromatic carbocycles. The number of piperazine rings is 1. The van der Waals surface area contributed by atoms with Crippen molar-refractivity contribution < 1.29 is 23.1 Å². The fourth-order valence-corrected chi connectivity index (χ4v) is 4.49. The fourth-order valence-electron chi connectivity index (χ4n) is 4.49. The van der Waals surface area contributed by atoms with Crippen LogP contribution in [0.1, 0.15) is 0 Å². The number of aliphatic hydroxyl groups is 1. The first kappa shape index (κ1) is 27.7. The van der Waals surface area contributed by atoms with Crippen LogP contribution in [0.15, 0.2) is 60.3 Å². The van der Waals surface area contributed by atoms with Gasteiger partial charge in [0.05, 0.1) is 29.4 Å². The van der Waals surface area contributed by atoms with E-state index in [0.29, 0.717) is 38.4 Å². The van der Waals surface area contributed by atoms with Gasteiger partial charge in [-0.05, 0) is 36.4 Å². The van der Waals surface area contributed by atoms with Gasteiger partial charge in [-0.3, -0.25) is 19.1 Å². The molecule has 0 atom stereocenters. The monoisotopic (exact) mass is 566 g/mol. The highest BCUT2D eigenvalue weighted by molar-refractivity contribution is 5.99. The van der Waals surface area contributed by atoms with E-state index in [9.17, 15) is 14.0 Å². The van der Waals surface area contributed by atoms with E-state index in [1.165, 1.54) is 41.4 Å². The molecule has 0 radical (unpaired) electrons. The molecule has 0 unspecified atom stereocenters. The molecule has 0 saturated carbocycles. The average Bonchev–Trinajstić information content (AvgIpc) is 2.98. The minimum absolute atomic E-state index is 0.0152. The third kappa shape index (κ3) is 5.73. The second kappa shape index (κ2) is 11.7. The number of anilines is 4. The normalized spacial score (nSPS) is 13.8. The highest BCUT2D eigenvalue weighted by Crippen LogP contribution is 2.29. The topological polar surface area (TPSA) is 129 Å². The predicted octanol–water partition coefficient (Wildman–Crippen LogP) is 2.58. The second-order valence-electron chi connectivity index (χ2n) is 9.15. The van der Waals surface area contributed by atoms with Crippen molar-refractivity contribution in [2.45, 2.75) is 0 Å². The van der Waals surface area contributed by atoms with Crippen molar-refractivity contribution in [3.63, 3.8) is 0 Å². The van der Waals surface area contributed by atoms with E-state index < -0.39 is 28.9 Å². The summed E-state index contributed by atoms with van der Waals surface area (Å²) in [6.07, 6.45) is 3.35. The van der Waals surface area contributed by atoms with Crippen molar-refractivity contribution in [2.75, 3.05) is 54.9 Å². The molecule has 5 rings (SSSR count). The zero-order chi connectivity index (χ0) is 29.1. The van der Waals surface area contributed by atoms with Crippen LogP contribution in [0.2, 0.25) is 0 Å². The molecule has 3 N–H and O–H groups in total. The maximum atomic E-state index is 15.1. The third-order valence-electron chi connectivity index (χ3n) is 6.63. The van der Waals surface area contributed by atoms with Gasteiger partial charge in [0.15, 0.2) is 17.3 Å².